The van der Waals surface area contributed by atoms with E-state index in [0.29, 0.717) is 10.5 Å². The maximum atomic E-state index is 13.0. The first-order chi connectivity index (χ1) is 16.6. The highest BCUT2D eigenvalue weighted by atomic mass is 32.1. The van der Waals surface area contributed by atoms with Crippen molar-refractivity contribution in [3.8, 4) is 0 Å². The Morgan fingerprint density at radius 2 is 1.85 bits per heavy atom. The number of ketones is 1. The summed E-state index contributed by atoms with van der Waals surface area (Å²) >= 11 is 1.28. The number of fused-ring (bicyclic) bond motifs is 2. The number of hydrogen-bond acceptors (Lipinski definition) is 6. The van der Waals surface area contributed by atoms with Crippen molar-refractivity contribution in [3.05, 3.63) is 94.5 Å². The maximum Gasteiger partial charge on any atom is 0.329 e. The van der Waals surface area contributed by atoms with Crippen molar-refractivity contribution >= 4 is 50.9 Å². The molecule has 5 aromatic rings. The van der Waals surface area contributed by atoms with Gasteiger partial charge in [-0.3, -0.25) is 9.59 Å². The van der Waals surface area contributed by atoms with Gasteiger partial charge in [-0.2, -0.15) is 0 Å². The van der Waals surface area contributed by atoms with Crippen LogP contribution in [0.5, 0.6) is 0 Å². The summed E-state index contributed by atoms with van der Waals surface area (Å²) < 4.78 is 10.9. The number of H-pyrrole nitrogens is 1. The summed E-state index contributed by atoms with van der Waals surface area (Å²) in [4.78, 5) is 41.9. The lowest BCUT2D eigenvalue weighted by Crippen LogP contribution is -2.43. The molecule has 0 aliphatic heterocycles. The van der Waals surface area contributed by atoms with Gasteiger partial charge in [0.1, 0.15) is 11.6 Å². The Morgan fingerprint density at radius 3 is 2.68 bits per heavy atom. The van der Waals surface area contributed by atoms with E-state index in [1.807, 2.05) is 48.7 Å². The van der Waals surface area contributed by atoms with Crippen molar-refractivity contribution < 1.29 is 23.5 Å². The van der Waals surface area contributed by atoms with Crippen molar-refractivity contribution in [1.82, 2.24) is 10.3 Å². The van der Waals surface area contributed by atoms with Crippen LogP contribution in [0.4, 0.5) is 0 Å². The van der Waals surface area contributed by atoms with Gasteiger partial charge in [-0.05, 0) is 35.2 Å². The predicted molar refractivity (Wildman–Crippen MR) is 129 cm³/mol. The molecule has 8 heteroatoms. The number of aromatic nitrogens is 1. The van der Waals surface area contributed by atoms with Gasteiger partial charge in [0.05, 0.1) is 4.88 Å². The number of thiophene rings is 1. The molecular weight excluding hydrogens is 452 g/mol. The second-order valence-corrected chi connectivity index (χ2v) is 8.69. The van der Waals surface area contributed by atoms with Crippen LogP contribution in [0.3, 0.4) is 0 Å². The molecule has 3 aromatic heterocycles. The van der Waals surface area contributed by atoms with Gasteiger partial charge in [-0.1, -0.05) is 42.5 Å². The highest BCUT2D eigenvalue weighted by Crippen LogP contribution is 2.21. The summed E-state index contributed by atoms with van der Waals surface area (Å²) in [6.07, 6.45) is 2.01. The molecule has 0 aliphatic rings. The van der Waals surface area contributed by atoms with E-state index in [9.17, 15) is 14.4 Å². The fourth-order valence-electron chi connectivity index (χ4n) is 3.78. The monoisotopic (exact) mass is 472 g/mol. The summed E-state index contributed by atoms with van der Waals surface area (Å²) in [6, 6.07) is 19.0. The first-order valence-corrected chi connectivity index (χ1v) is 11.5. The summed E-state index contributed by atoms with van der Waals surface area (Å²) in [5.41, 5.74) is 2.36. The third kappa shape index (κ3) is 4.49. The molecule has 0 saturated heterocycles. The second kappa shape index (κ2) is 9.36. The van der Waals surface area contributed by atoms with Crippen LogP contribution in [-0.4, -0.2) is 35.3 Å². The Hall–Kier alpha value is -4.17. The molecule has 1 atom stereocenters. The molecular formula is C26H20N2O5S. The van der Waals surface area contributed by atoms with E-state index >= 15 is 0 Å². The van der Waals surface area contributed by atoms with Crippen molar-refractivity contribution in [2.75, 3.05) is 6.61 Å². The number of benzene rings is 2. The van der Waals surface area contributed by atoms with Crippen LogP contribution < -0.4 is 5.32 Å². The number of amides is 1. The molecule has 0 fully saturated rings. The Morgan fingerprint density at radius 1 is 1.03 bits per heavy atom. The molecule has 5 rings (SSSR count). The average molecular weight is 473 g/mol. The average Bonchev–Trinajstić information content (AvgIpc) is 3.61. The molecule has 170 valence electrons. The van der Waals surface area contributed by atoms with Gasteiger partial charge in [-0.25, -0.2) is 4.79 Å². The zero-order chi connectivity index (χ0) is 23.5. The number of rotatable bonds is 8. The highest BCUT2D eigenvalue weighted by Gasteiger charge is 2.26. The van der Waals surface area contributed by atoms with Crippen LogP contribution in [0.2, 0.25) is 0 Å². The smallest absolute Gasteiger partial charge is 0.329 e. The lowest BCUT2D eigenvalue weighted by Gasteiger charge is -2.17. The number of hydrogen-bond donors (Lipinski definition) is 2. The lowest BCUT2D eigenvalue weighted by atomic mass is 10.0. The minimum atomic E-state index is -0.975. The van der Waals surface area contributed by atoms with Gasteiger partial charge >= 0.3 is 5.97 Å². The summed E-state index contributed by atoms with van der Waals surface area (Å²) in [6.45, 7) is -0.488. The number of esters is 1. The minimum Gasteiger partial charge on any atom is -0.456 e. The van der Waals surface area contributed by atoms with E-state index in [1.54, 1.807) is 29.6 Å². The summed E-state index contributed by atoms with van der Waals surface area (Å²) in [5, 5.41) is 6.28. The number of furan rings is 1. The Kier molecular flexibility index (Phi) is 5.97. The molecule has 34 heavy (non-hydrogen) atoms. The quantitative estimate of drug-likeness (QED) is 0.251. The third-order valence-corrected chi connectivity index (χ3v) is 6.35. The molecule has 0 unspecified atom stereocenters. The van der Waals surface area contributed by atoms with E-state index < -0.39 is 24.4 Å². The van der Waals surface area contributed by atoms with E-state index in [2.05, 4.69) is 10.3 Å². The summed E-state index contributed by atoms with van der Waals surface area (Å²) in [5.74, 6) is -1.41. The second-order valence-electron chi connectivity index (χ2n) is 7.75. The van der Waals surface area contributed by atoms with E-state index in [-0.39, 0.29) is 18.1 Å². The minimum absolute atomic E-state index is 0.116. The van der Waals surface area contributed by atoms with Crippen LogP contribution in [0.25, 0.3) is 21.9 Å². The largest absolute Gasteiger partial charge is 0.456 e. The molecule has 7 nitrogen and oxygen atoms in total. The zero-order valence-corrected chi connectivity index (χ0v) is 18.8. The summed E-state index contributed by atoms with van der Waals surface area (Å²) in [7, 11) is 0. The van der Waals surface area contributed by atoms with Gasteiger partial charge < -0.3 is 19.5 Å². The van der Waals surface area contributed by atoms with Crippen LogP contribution in [-0.2, 0) is 16.0 Å². The molecule has 1 amide bonds. The standard InChI is InChI=1S/C26H20N2O5S/c29-21(23-13-16-6-1-4-9-22(16)33-23)15-32-26(31)20(28-25(30)24-10-5-11-34-24)12-17-14-27-19-8-3-2-7-18(17)19/h1-11,13-14,20,27H,12,15H2,(H,28,30)/t20-/m1/s1. The number of carbonyl (C=O) groups excluding carboxylic acids is 3. The van der Waals surface area contributed by atoms with E-state index in [4.69, 9.17) is 9.15 Å². The fraction of sp³-hybridized carbons (Fsp3) is 0.115. The first-order valence-electron chi connectivity index (χ1n) is 10.7. The fourth-order valence-corrected chi connectivity index (χ4v) is 4.41. The third-order valence-electron chi connectivity index (χ3n) is 5.48. The van der Waals surface area contributed by atoms with Gasteiger partial charge in [-0.15, -0.1) is 11.3 Å². The van der Waals surface area contributed by atoms with Crippen LogP contribution in [0.15, 0.2) is 82.7 Å². The molecule has 0 spiro atoms. The molecule has 2 aromatic carbocycles. The topological polar surface area (TPSA) is 101 Å². The number of para-hydroxylation sites is 2. The van der Waals surface area contributed by atoms with Gasteiger partial charge in [0, 0.05) is 28.9 Å². The number of Topliss-reactive ketones (excluding diaryl/α,β-unsaturated/α-hetero) is 1. The lowest BCUT2D eigenvalue weighted by molar-refractivity contribution is -0.144. The number of ether oxygens (including phenoxy) is 1. The highest BCUT2D eigenvalue weighted by molar-refractivity contribution is 7.12. The molecule has 3 heterocycles. The maximum absolute atomic E-state index is 13.0. The predicted octanol–water partition coefficient (Wildman–Crippen LogP) is 4.74. The Bertz CT molecular complexity index is 1450. The zero-order valence-electron chi connectivity index (χ0n) is 17.9. The van der Waals surface area contributed by atoms with Gasteiger partial charge in [0.25, 0.3) is 5.91 Å². The Balaban J connectivity index is 1.32. The van der Waals surface area contributed by atoms with Crippen LogP contribution in [0.1, 0.15) is 25.8 Å². The molecule has 0 bridgehead atoms. The number of aromatic amines is 1. The normalized spacial score (nSPS) is 12.0. The first kappa shape index (κ1) is 21.7. The molecule has 2 N–H and O–H groups in total. The van der Waals surface area contributed by atoms with Gasteiger partial charge in [0.2, 0.25) is 5.78 Å². The van der Waals surface area contributed by atoms with Crippen LogP contribution >= 0.6 is 11.3 Å². The van der Waals surface area contributed by atoms with Gasteiger partial charge in [0.15, 0.2) is 12.4 Å². The van der Waals surface area contributed by atoms with Crippen molar-refractivity contribution in [3.63, 3.8) is 0 Å². The van der Waals surface area contributed by atoms with Crippen molar-refractivity contribution in [1.29, 1.82) is 0 Å². The van der Waals surface area contributed by atoms with Crippen molar-refractivity contribution in [2.24, 2.45) is 0 Å². The van der Waals surface area contributed by atoms with Crippen molar-refractivity contribution in [2.45, 2.75) is 12.5 Å². The SMILES string of the molecule is O=C(COC(=O)[C@@H](Cc1c[nH]c2ccccc12)NC(=O)c1cccs1)c1cc2ccccc2o1. The van der Waals surface area contributed by atoms with E-state index in [1.165, 1.54) is 11.3 Å². The Labute approximate surface area is 198 Å². The number of nitrogens with one attached hydrogen (secondary N) is 2. The van der Waals surface area contributed by atoms with Crippen LogP contribution in [0, 0.1) is 0 Å². The molecule has 0 saturated carbocycles. The molecule has 0 aliphatic carbocycles. The number of carbonyl (C=O) groups is 3. The molecule has 0 radical (unpaired) electrons. The van der Waals surface area contributed by atoms with E-state index in [0.717, 1.165) is 21.9 Å².